The molecule has 0 atom stereocenters. The van der Waals surface area contributed by atoms with Gasteiger partial charge in [0.05, 0.1) is 5.69 Å². The minimum absolute atomic E-state index is 0.118. The summed E-state index contributed by atoms with van der Waals surface area (Å²) in [6.45, 7) is 0. The number of nitrogens with one attached hydrogen (secondary N) is 1. The number of halogens is 3. The zero-order valence-electron chi connectivity index (χ0n) is 13.8. The molecule has 4 rings (SSSR count). The van der Waals surface area contributed by atoms with Crippen LogP contribution >= 0.6 is 11.3 Å². The Hall–Kier alpha value is -3.47. The molecule has 0 unspecified atom stereocenters. The molecule has 28 heavy (non-hydrogen) atoms. The van der Waals surface area contributed by atoms with Crippen LogP contribution in [0.1, 0.15) is 10.5 Å². The zero-order valence-corrected chi connectivity index (χ0v) is 14.7. The Labute approximate surface area is 159 Å². The van der Waals surface area contributed by atoms with Crippen molar-refractivity contribution < 1.29 is 22.7 Å². The highest BCUT2D eigenvalue weighted by Crippen LogP contribution is 2.26. The molecule has 0 fully saturated rings. The molecule has 11 heteroatoms. The molecule has 7 nitrogen and oxygen atoms in total. The number of carbonyl (C=O) groups excluding carboxylic acids is 1. The van der Waals surface area contributed by atoms with Crippen molar-refractivity contribution in [2.45, 2.75) is 6.36 Å². The van der Waals surface area contributed by atoms with Crippen LogP contribution in [0.2, 0.25) is 0 Å². The molecule has 0 saturated carbocycles. The fourth-order valence-electron chi connectivity index (χ4n) is 2.49. The summed E-state index contributed by atoms with van der Waals surface area (Å²) in [6.07, 6.45) is -1.83. The molecule has 0 radical (unpaired) electrons. The number of fused-ring (bicyclic) bond motifs is 1. The Morgan fingerprint density at radius 2 is 2.04 bits per heavy atom. The van der Waals surface area contributed by atoms with Gasteiger partial charge in [0.15, 0.2) is 10.8 Å². The highest BCUT2D eigenvalue weighted by molar-refractivity contribution is 7.13. The third kappa shape index (κ3) is 3.78. The van der Waals surface area contributed by atoms with Crippen LogP contribution in [0, 0.1) is 0 Å². The number of carbonyl (C=O) groups is 1. The molecule has 3 aromatic heterocycles. The van der Waals surface area contributed by atoms with Crippen molar-refractivity contribution in [3.63, 3.8) is 0 Å². The maximum Gasteiger partial charge on any atom is 0.573 e. The smallest absolute Gasteiger partial charge is 0.406 e. The largest absolute Gasteiger partial charge is 0.573 e. The molecule has 3 heterocycles. The number of thiazole rings is 1. The fraction of sp³-hybridized carbons (Fsp3) is 0.0588. The fourth-order valence-corrected chi connectivity index (χ4v) is 3.01. The van der Waals surface area contributed by atoms with E-state index in [2.05, 4.69) is 25.0 Å². The van der Waals surface area contributed by atoms with Gasteiger partial charge in [-0.05, 0) is 24.3 Å². The van der Waals surface area contributed by atoms with E-state index < -0.39 is 12.3 Å². The molecule has 4 aromatic rings. The molecule has 1 N–H and O–H groups in total. The van der Waals surface area contributed by atoms with E-state index in [-0.39, 0.29) is 11.4 Å². The molecule has 0 saturated heterocycles. The van der Waals surface area contributed by atoms with E-state index in [4.69, 9.17) is 0 Å². The summed E-state index contributed by atoms with van der Waals surface area (Å²) in [5.74, 6) is -0.830. The molecular weight excluding hydrogens is 395 g/mol. The molecule has 0 spiro atoms. The Morgan fingerprint density at radius 1 is 1.18 bits per heavy atom. The second-order valence-electron chi connectivity index (χ2n) is 5.49. The monoisotopic (exact) mass is 405 g/mol. The van der Waals surface area contributed by atoms with Gasteiger partial charge in [-0.15, -0.1) is 24.5 Å². The summed E-state index contributed by atoms with van der Waals surface area (Å²) < 4.78 is 42.8. The first kappa shape index (κ1) is 17.9. The summed E-state index contributed by atoms with van der Waals surface area (Å²) in [6, 6.07) is 8.50. The van der Waals surface area contributed by atoms with E-state index in [0.29, 0.717) is 22.0 Å². The molecule has 0 aliphatic rings. The van der Waals surface area contributed by atoms with Crippen LogP contribution in [-0.2, 0) is 0 Å². The Bertz CT molecular complexity index is 1140. The second kappa shape index (κ2) is 6.93. The van der Waals surface area contributed by atoms with E-state index in [0.717, 1.165) is 0 Å². The van der Waals surface area contributed by atoms with Gasteiger partial charge in [-0.2, -0.15) is 0 Å². The molecule has 1 amide bonds. The number of imidazole rings is 1. The summed E-state index contributed by atoms with van der Waals surface area (Å²) in [5, 5.41) is 4.77. The van der Waals surface area contributed by atoms with Crippen LogP contribution in [0.4, 0.5) is 18.3 Å². The van der Waals surface area contributed by atoms with Crippen molar-refractivity contribution in [1.29, 1.82) is 0 Å². The first-order chi connectivity index (χ1) is 13.4. The van der Waals surface area contributed by atoms with E-state index in [1.807, 2.05) is 0 Å². The molecule has 0 aliphatic heterocycles. The quantitative estimate of drug-likeness (QED) is 0.554. The van der Waals surface area contributed by atoms with Crippen molar-refractivity contribution in [3.05, 3.63) is 60.0 Å². The number of amides is 1. The number of anilines is 1. The van der Waals surface area contributed by atoms with E-state index >= 15 is 0 Å². The number of alkyl halides is 3. The van der Waals surface area contributed by atoms with Gasteiger partial charge in [-0.25, -0.2) is 15.0 Å². The zero-order chi connectivity index (χ0) is 19.7. The Kier molecular flexibility index (Phi) is 4.43. The summed E-state index contributed by atoms with van der Waals surface area (Å²) >= 11 is 1.26. The van der Waals surface area contributed by atoms with Gasteiger partial charge < -0.3 is 4.74 Å². The van der Waals surface area contributed by atoms with Gasteiger partial charge in [-0.3, -0.25) is 14.7 Å². The lowest BCUT2D eigenvalue weighted by atomic mass is 10.3. The lowest BCUT2D eigenvalue weighted by molar-refractivity contribution is -0.274. The van der Waals surface area contributed by atoms with E-state index in [1.165, 1.54) is 46.5 Å². The number of ether oxygens (including phenoxy) is 1. The first-order valence-electron chi connectivity index (χ1n) is 7.80. The number of pyridine rings is 1. The maximum absolute atomic E-state index is 12.5. The third-order valence-electron chi connectivity index (χ3n) is 3.61. The predicted molar refractivity (Wildman–Crippen MR) is 95.6 cm³/mol. The van der Waals surface area contributed by atoms with Gasteiger partial charge >= 0.3 is 6.36 Å². The lowest BCUT2D eigenvalue weighted by Crippen LogP contribution is -2.17. The van der Waals surface area contributed by atoms with Crippen LogP contribution in [0.5, 0.6) is 5.75 Å². The van der Waals surface area contributed by atoms with Crippen LogP contribution in [0.25, 0.3) is 16.9 Å². The van der Waals surface area contributed by atoms with Crippen molar-refractivity contribution in [2.24, 2.45) is 0 Å². The Morgan fingerprint density at radius 3 is 2.79 bits per heavy atom. The first-order valence-corrected chi connectivity index (χ1v) is 8.68. The highest BCUT2D eigenvalue weighted by atomic mass is 32.1. The van der Waals surface area contributed by atoms with Gasteiger partial charge in [0.25, 0.3) is 5.91 Å². The molecule has 142 valence electrons. The van der Waals surface area contributed by atoms with E-state index in [9.17, 15) is 18.0 Å². The number of hydrogen-bond acceptors (Lipinski definition) is 6. The average molecular weight is 405 g/mol. The van der Waals surface area contributed by atoms with Crippen molar-refractivity contribution in [3.8, 4) is 11.4 Å². The number of rotatable bonds is 4. The van der Waals surface area contributed by atoms with Crippen LogP contribution in [-0.4, -0.2) is 31.8 Å². The second-order valence-corrected chi connectivity index (χ2v) is 6.38. The van der Waals surface area contributed by atoms with Gasteiger partial charge in [0.2, 0.25) is 0 Å². The predicted octanol–water partition coefficient (Wildman–Crippen LogP) is 4.03. The van der Waals surface area contributed by atoms with E-state index in [1.54, 1.807) is 23.7 Å². The summed E-state index contributed by atoms with van der Waals surface area (Å²) in [5.41, 5.74) is 1.27. The molecular formula is C17H10F3N5O2S. The van der Waals surface area contributed by atoms with Crippen LogP contribution in [0.15, 0.2) is 54.3 Å². The van der Waals surface area contributed by atoms with Gasteiger partial charge in [0.1, 0.15) is 23.3 Å². The minimum atomic E-state index is -4.80. The van der Waals surface area contributed by atoms with Gasteiger partial charge in [-0.1, -0.05) is 6.07 Å². The number of nitrogens with zero attached hydrogens (tertiary/aromatic N) is 4. The normalized spacial score (nSPS) is 11.5. The average Bonchev–Trinajstić information content (AvgIpc) is 3.29. The number of hydrogen-bond donors (Lipinski definition) is 1. The summed E-state index contributed by atoms with van der Waals surface area (Å²) in [4.78, 5) is 24.8. The van der Waals surface area contributed by atoms with Crippen LogP contribution < -0.4 is 10.1 Å². The lowest BCUT2D eigenvalue weighted by Gasteiger charge is -2.10. The van der Waals surface area contributed by atoms with Crippen molar-refractivity contribution >= 4 is 33.5 Å². The molecule has 1 aromatic carbocycles. The Balaban J connectivity index is 1.69. The number of benzene rings is 1. The third-order valence-corrected chi connectivity index (χ3v) is 4.30. The number of aromatic nitrogens is 4. The highest BCUT2D eigenvalue weighted by Gasteiger charge is 2.31. The SMILES string of the molecule is O=C(Nc1nccs1)c1ccc2ncn(-c3cccc(OC(F)(F)F)c3)c2n1. The molecule has 0 bridgehead atoms. The van der Waals surface area contributed by atoms with Crippen molar-refractivity contribution in [1.82, 2.24) is 19.5 Å². The summed E-state index contributed by atoms with van der Waals surface area (Å²) in [7, 11) is 0. The topological polar surface area (TPSA) is 81.9 Å². The maximum atomic E-state index is 12.5. The standard InChI is InChI=1S/C17H10F3N5O2S/c18-17(19,20)27-11-3-1-2-10(8-11)25-9-22-12-4-5-13(23-14(12)25)15(26)24-16-21-6-7-28-16/h1-9H,(H,21,24,26). The van der Waals surface area contributed by atoms with Crippen LogP contribution in [0.3, 0.4) is 0 Å². The molecule has 0 aliphatic carbocycles. The van der Waals surface area contributed by atoms with Crippen molar-refractivity contribution in [2.75, 3.05) is 5.32 Å². The van der Waals surface area contributed by atoms with Gasteiger partial charge in [0, 0.05) is 17.6 Å². The minimum Gasteiger partial charge on any atom is -0.406 e.